The summed E-state index contributed by atoms with van der Waals surface area (Å²) < 4.78 is 1.89. The van der Waals surface area contributed by atoms with Crippen molar-refractivity contribution in [2.45, 2.75) is 0 Å². The summed E-state index contributed by atoms with van der Waals surface area (Å²) in [5, 5.41) is 19.7. The van der Waals surface area contributed by atoms with Crippen molar-refractivity contribution in [3.8, 4) is 22.9 Å². The molecule has 0 amide bonds. The predicted molar refractivity (Wildman–Crippen MR) is 74.5 cm³/mol. The van der Waals surface area contributed by atoms with Crippen LogP contribution in [0.4, 0.5) is 0 Å². The standard InChI is InChI=1S/C14H11ClN2O2/c1-17-13-3-2-9(15)6-12(13)16-14(17)8-4-10(18)7-11(19)5-8/h2-7,18-19H,1H3. The second kappa shape index (κ2) is 4.17. The molecule has 0 aliphatic heterocycles. The highest BCUT2D eigenvalue weighted by Gasteiger charge is 2.11. The van der Waals surface area contributed by atoms with Gasteiger partial charge in [-0.3, -0.25) is 0 Å². The monoisotopic (exact) mass is 274 g/mol. The summed E-state index contributed by atoms with van der Waals surface area (Å²) in [6.07, 6.45) is 0. The van der Waals surface area contributed by atoms with Gasteiger partial charge in [-0.15, -0.1) is 0 Å². The number of aromatic hydroxyl groups is 2. The Kier molecular flexibility index (Phi) is 2.61. The molecule has 0 saturated heterocycles. The van der Waals surface area contributed by atoms with E-state index in [0.717, 1.165) is 11.0 Å². The summed E-state index contributed by atoms with van der Waals surface area (Å²) in [5.41, 5.74) is 2.35. The Morgan fingerprint density at radius 2 is 1.74 bits per heavy atom. The van der Waals surface area contributed by atoms with Crippen LogP contribution in [0.3, 0.4) is 0 Å². The van der Waals surface area contributed by atoms with Gasteiger partial charge in [0.1, 0.15) is 17.3 Å². The molecule has 1 heterocycles. The third-order valence-electron chi connectivity index (χ3n) is 3.00. The summed E-state index contributed by atoms with van der Waals surface area (Å²) in [6, 6.07) is 9.86. The minimum atomic E-state index is 0.0000820. The number of imidazole rings is 1. The normalized spacial score (nSPS) is 11.1. The van der Waals surface area contributed by atoms with Gasteiger partial charge in [0.15, 0.2) is 0 Å². The Hall–Kier alpha value is -2.20. The Morgan fingerprint density at radius 1 is 1.05 bits per heavy atom. The number of benzene rings is 2. The zero-order valence-electron chi connectivity index (χ0n) is 10.1. The summed E-state index contributed by atoms with van der Waals surface area (Å²) in [7, 11) is 1.87. The van der Waals surface area contributed by atoms with Gasteiger partial charge in [0.2, 0.25) is 0 Å². The van der Waals surface area contributed by atoms with E-state index in [1.54, 1.807) is 24.3 Å². The van der Waals surface area contributed by atoms with E-state index in [1.165, 1.54) is 6.07 Å². The van der Waals surface area contributed by atoms with Crippen LogP contribution < -0.4 is 0 Å². The van der Waals surface area contributed by atoms with Crippen molar-refractivity contribution in [3.63, 3.8) is 0 Å². The third kappa shape index (κ3) is 2.00. The molecule has 3 aromatic rings. The first-order chi connectivity index (χ1) is 9.04. The molecule has 0 unspecified atom stereocenters. The first kappa shape index (κ1) is 11.9. The van der Waals surface area contributed by atoms with E-state index in [1.807, 2.05) is 17.7 Å². The van der Waals surface area contributed by atoms with E-state index in [4.69, 9.17) is 11.6 Å². The molecule has 0 bridgehead atoms. The van der Waals surface area contributed by atoms with Gasteiger partial charge >= 0.3 is 0 Å². The number of aryl methyl sites for hydroxylation is 1. The van der Waals surface area contributed by atoms with E-state index in [9.17, 15) is 10.2 Å². The second-order valence-electron chi connectivity index (χ2n) is 4.37. The van der Waals surface area contributed by atoms with Crippen molar-refractivity contribution >= 4 is 22.6 Å². The zero-order chi connectivity index (χ0) is 13.6. The number of halogens is 1. The lowest BCUT2D eigenvalue weighted by Crippen LogP contribution is -1.92. The largest absolute Gasteiger partial charge is 0.508 e. The van der Waals surface area contributed by atoms with E-state index in [-0.39, 0.29) is 11.5 Å². The Balaban J connectivity index is 2.27. The van der Waals surface area contributed by atoms with Gasteiger partial charge < -0.3 is 14.8 Å². The summed E-state index contributed by atoms with van der Waals surface area (Å²) in [5.74, 6) is 0.656. The number of phenols is 2. The highest BCUT2D eigenvalue weighted by atomic mass is 35.5. The number of aromatic nitrogens is 2. The van der Waals surface area contributed by atoms with Crippen LogP contribution in [-0.2, 0) is 7.05 Å². The second-order valence-corrected chi connectivity index (χ2v) is 4.80. The molecular weight excluding hydrogens is 264 g/mol. The quantitative estimate of drug-likeness (QED) is 0.716. The van der Waals surface area contributed by atoms with Gasteiger partial charge in [-0.2, -0.15) is 0 Å². The number of nitrogens with zero attached hydrogens (tertiary/aromatic N) is 2. The fraction of sp³-hybridized carbons (Fsp3) is 0.0714. The first-order valence-corrected chi connectivity index (χ1v) is 6.08. The van der Waals surface area contributed by atoms with Crippen LogP contribution in [-0.4, -0.2) is 19.8 Å². The van der Waals surface area contributed by atoms with Crippen LogP contribution in [0.1, 0.15) is 0 Å². The van der Waals surface area contributed by atoms with Crippen molar-refractivity contribution in [2.75, 3.05) is 0 Å². The molecule has 0 aliphatic rings. The van der Waals surface area contributed by atoms with Crippen molar-refractivity contribution in [2.24, 2.45) is 7.05 Å². The molecule has 0 fully saturated rings. The van der Waals surface area contributed by atoms with Crippen molar-refractivity contribution in [3.05, 3.63) is 41.4 Å². The van der Waals surface area contributed by atoms with Crippen LogP contribution in [0.15, 0.2) is 36.4 Å². The molecule has 19 heavy (non-hydrogen) atoms. The molecule has 2 aromatic carbocycles. The number of rotatable bonds is 1. The Morgan fingerprint density at radius 3 is 2.42 bits per heavy atom. The maximum atomic E-state index is 9.55. The van der Waals surface area contributed by atoms with Crippen molar-refractivity contribution < 1.29 is 10.2 Å². The van der Waals surface area contributed by atoms with Gasteiger partial charge in [-0.1, -0.05) is 11.6 Å². The molecule has 0 aliphatic carbocycles. The van der Waals surface area contributed by atoms with Gasteiger partial charge in [0.05, 0.1) is 11.0 Å². The number of hydrogen-bond donors (Lipinski definition) is 2. The molecule has 4 nitrogen and oxygen atoms in total. The van der Waals surface area contributed by atoms with Crippen LogP contribution >= 0.6 is 11.6 Å². The molecule has 5 heteroatoms. The van der Waals surface area contributed by atoms with Crippen molar-refractivity contribution in [1.82, 2.24) is 9.55 Å². The fourth-order valence-corrected chi connectivity index (χ4v) is 2.32. The van der Waals surface area contributed by atoms with Crippen LogP contribution in [0, 0.1) is 0 Å². The third-order valence-corrected chi connectivity index (χ3v) is 3.24. The molecule has 0 radical (unpaired) electrons. The van der Waals surface area contributed by atoms with E-state index in [0.29, 0.717) is 16.4 Å². The summed E-state index contributed by atoms with van der Waals surface area (Å²) in [4.78, 5) is 4.48. The minimum absolute atomic E-state index is 0.0000820. The molecule has 1 aromatic heterocycles. The molecule has 96 valence electrons. The lowest BCUT2D eigenvalue weighted by molar-refractivity contribution is 0.451. The van der Waals surface area contributed by atoms with Crippen LogP contribution in [0.25, 0.3) is 22.4 Å². The van der Waals surface area contributed by atoms with Crippen LogP contribution in [0.5, 0.6) is 11.5 Å². The molecule has 2 N–H and O–H groups in total. The van der Waals surface area contributed by atoms with E-state index in [2.05, 4.69) is 4.98 Å². The van der Waals surface area contributed by atoms with Gasteiger partial charge in [-0.05, 0) is 30.3 Å². The lowest BCUT2D eigenvalue weighted by atomic mass is 10.2. The predicted octanol–water partition coefficient (Wildman–Crippen LogP) is 3.30. The first-order valence-electron chi connectivity index (χ1n) is 5.70. The average molecular weight is 275 g/mol. The van der Waals surface area contributed by atoms with Crippen molar-refractivity contribution in [1.29, 1.82) is 0 Å². The van der Waals surface area contributed by atoms with Gasteiger partial charge in [0.25, 0.3) is 0 Å². The maximum Gasteiger partial charge on any atom is 0.141 e. The SMILES string of the molecule is Cn1c(-c2cc(O)cc(O)c2)nc2cc(Cl)ccc21. The van der Waals surface area contributed by atoms with Gasteiger partial charge in [-0.25, -0.2) is 4.98 Å². The van der Waals surface area contributed by atoms with E-state index < -0.39 is 0 Å². The number of hydrogen-bond acceptors (Lipinski definition) is 3. The molecular formula is C14H11ClN2O2. The fourth-order valence-electron chi connectivity index (χ4n) is 2.16. The molecule has 0 saturated carbocycles. The molecule has 0 atom stereocenters. The number of phenolic OH excluding ortho intramolecular Hbond substituents is 2. The topological polar surface area (TPSA) is 58.3 Å². The molecule has 3 rings (SSSR count). The Bertz CT molecular complexity index is 760. The zero-order valence-corrected chi connectivity index (χ0v) is 10.9. The van der Waals surface area contributed by atoms with Crippen LogP contribution in [0.2, 0.25) is 5.02 Å². The highest BCUT2D eigenvalue weighted by Crippen LogP contribution is 2.30. The molecule has 0 spiro atoms. The lowest BCUT2D eigenvalue weighted by Gasteiger charge is -2.04. The smallest absolute Gasteiger partial charge is 0.141 e. The minimum Gasteiger partial charge on any atom is -0.508 e. The van der Waals surface area contributed by atoms with E-state index >= 15 is 0 Å². The number of fused-ring (bicyclic) bond motifs is 1. The summed E-state index contributed by atoms with van der Waals surface area (Å²) >= 11 is 5.95. The van der Waals surface area contributed by atoms with Gasteiger partial charge in [0, 0.05) is 23.7 Å². The summed E-state index contributed by atoms with van der Waals surface area (Å²) in [6.45, 7) is 0. The average Bonchev–Trinajstić information content (AvgIpc) is 2.65. The highest BCUT2D eigenvalue weighted by molar-refractivity contribution is 6.31. The maximum absolute atomic E-state index is 9.55. The Labute approximate surface area is 114 Å².